The normalized spacial score (nSPS) is 14.4. The average Bonchev–Trinajstić information content (AvgIpc) is 3.39. The molecule has 2 amide bonds. The van der Waals surface area contributed by atoms with Gasteiger partial charge >= 0.3 is 0 Å². The molecule has 1 aliphatic heterocycles. The van der Waals surface area contributed by atoms with Crippen molar-refractivity contribution in [1.29, 1.82) is 0 Å². The Hall–Kier alpha value is -4.30. The first-order chi connectivity index (χ1) is 17.5. The monoisotopic (exact) mass is 495 g/mol. The summed E-state index contributed by atoms with van der Waals surface area (Å²) < 4.78 is 1.73. The van der Waals surface area contributed by atoms with Crippen LogP contribution in [0.4, 0.5) is 11.4 Å². The number of carbonyl (C=O) groups excluding carboxylic acids is 2. The number of hydrogen-bond acceptors (Lipinski definition) is 5. The van der Waals surface area contributed by atoms with Gasteiger partial charge in [0.2, 0.25) is 10.7 Å². The van der Waals surface area contributed by atoms with Crippen molar-refractivity contribution in [1.82, 2.24) is 4.68 Å². The van der Waals surface area contributed by atoms with E-state index in [0.29, 0.717) is 28.3 Å². The minimum absolute atomic E-state index is 0.116. The highest BCUT2D eigenvalue weighted by atomic mass is 32.1. The quantitative estimate of drug-likeness (QED) is 0.421. The predicted molar refractivity (Wildman–Crippen MR) is 144 cm³/mol. The summed E-state index contributed by atoms with van der Waals surface area (Å²) in [6.45, 7) is 4.40. The number of carbonyl (C=O) groups is 2. The summed E-state index contributed by atoms with van der Waals surface area (Å²) in [7, 11) is 0. The number of aryl methyl sites for hydroxylation is 1. The Bertz CT molecular complexity index is 1530. The van der Waals surface area contributed by atoms with Crippen LogP contribution in [0, 0.1) is 6.92 Å². The van der Waals surface area contributed by atoms with Gasteiger partial charge in [-0.25, -0.2) is 4.68 Å². The molecule has 0 bridgehead atoms. The van der Waals surface area contributed by atoms with Gasteiger partial charge in [0, 0.05) is 28.7 Å². The lowest BCUT2D eigenvalue weighted by Crippen LogP contribution is -2.37. The fourth-order valence-electron chi connectivity index (χ4n) is 4.13. The van der Waals surface area contributed by atoms with Gasteiger partial charge in [-0.1, -0.05) is 60.7 Å². The molecule has 36 heavy (non-hydrogen) atoms. The number of amides is 2. The predicted octanol–water partition coefficient (Wildman–Crippen LogP) is 4.68. The molecule has 1 aliphatic rings. The van der Waals surface area contributed by atoms with E-state index in [1.54, 1.807) is 4.68 Å². The number of fused-ring (bicyclic) bond motifs is 1. The molecule has 0 fully saturated rings. The number of rotatable bonds is 6. The van der Waals surface area contributed by atoms with E-state index in [4.69, 9.17) is 5.10 Å². The van der Waals surface area contributed by atoms with Crippen molar-refractivity contribution >= 4 is 40.2 Å². The first-order valence-corrected chi connectivity index (χ1v) is 12.6. The number of nitrogens with one attached hydrogen (secondary N) is 1. The molecule has 1 aromatic heterocycles. The van der Waals surface area contributed by atoms with E-state index in [1.165, 1.54) is 16.2 Å². The van der Waals surface area contributed by atoms with Crippen LogP contribution in [0.3, 0.4) is 0 Å². The lowest BCUT2D eigenvalue weighted by Gasteiger charge is -2.16. The van der Waals surface area contributed by atoms with Gasteiger partial charge < -0.3 is 5.32 Å². The second-order valence-corrected chi connectivity index (χ2v) is 9.17. The molecule has 0 radical (unpaired) electrons. The minimum Gasteiger partial charge on any atom is -0.325 e. The second-order valence-electron chi connectivity index (χ2n) is 8.33. The number of thiazole rings is 1. The molecule has 5 rings (SSSR count). The Balaban J connectivity index is 1.52. The fraction of sp³-hybridized carbons (Fsp3) is 0.143. The summed E-state index contributed by atoms with van der Waals surface area (Å²) in [5.74, 6) is -0.601. The Morgan fingerprint density at radius 2 is 1.78 bits per heavy atom. The maximum Gasteiger partial charge on any atom is 0.279 e. The van der Waals surface area contributed by atoms with Crippen LogP contribution in [0.15, 0.2) is 94.3 Å². The number of hydrogen-bond donors (Lipinski definition) is 1. The van der Waals surface area contributed by atoms with Crippen LogP contribution in [-0.4, -0.2) is 35.3 Å². The van der Waals surface area contributed by atoms with E-state index in [1.807, 2.05) is 98.1 Å². The summed E-state index contributed by atoms with van der Waals surface area (Å²) in [6, 6.07) is 24.9. The van der Waals surface area contributed by atoms with Crippen molar-refractivity contribution in [2.75, 3.05) is 23.3 Å². The third-order valence-corrected chi connectivity index (χ3v) is 6.60. The Morgan fingerprint density at radius 1 is 1.00 bits per heavy atom. The largest absolute Gasteiger partial charge is 0.325 e. The van der Waals surface area contributed by atoms with Crippen molar-refractivity contribution in [3.63, 3.8) is 0 Å². The number of nitrogens with zero attached hydrogens (tertiary/aromatic N) is 4. The molecular weight excluding hydrogens is 470 g/mol. The average molecular weight is 496 g/mol. The SMILES string of the molecule is CCN=c1scc(-c2ccccc2)n1/N=C1\C(=O)N(CC(=O)Nc2cccc(C)c2)c2ccccc21. The van der Waals surface area contributed by atoms with Gasteiger partial charge in [0.15, 0.2) is 5.71 Å². The van der Waals surface area contributed by atoms with Crippen LogP contribution in [0.1, 0.15) is 18.1 Å². The van der Waals surface area contributed by atoms with Gasteiger partial charge in [0.25, 0.3) is 5.91 Å². The standard InChI is InChI=1S/C28H25N5O2S/c1-3-29-28-33(24(18-36-28)20-11-5-4-6-12-20)31-26-22-14-7-8-15-23(22)32(27(26)35)17-25(34)30-21-13-9-10-19(2)16-21/h4-16,18H,3,17H2,1-2H3,(H,30,34)/b29-28?,31-26-. The molecule has 2 heterocycles. The highest BCUT2D eigenvalue weighted by Gasteiger charge is 2.35. The summed E-state index contributed by atoms with van der Waals surface area (Å²) >= 11 is 1.48. The molecule has 1 N–H and O–H groups in total. The lowest BCUT2D eigenvalue weighted by atomic mass is 10.1. The summed E-state index contributed by atoms with van der Waals surface area (Å²) in [5, 5.41) is 9.69. The second kappa shape index (κ2) is 10.1. The molecular formula is C28H25N5O2S. The van der Waals surface area contributed by atoms with Crippen LogP contribution in [-0.2, 0) is 9.59 Å². The molecule has 0 saturated heterocycles. The Labute approximate surface area is 213 Å². The van der Waals surface area contributed by atoms with Crippen LogP contribution in [0.2, 0.25) is 0 Å². The zero-order valence-corrected chi connectivity index (χ0v) is 20.8. The minimum atomic E-state index is -0.323. The van der Waals surface area contributed by atoms with Crippen molar-refractivity contribution in [2.24, 2.45) is 10.1 Å². The van der Waals surface area contributed by atoms with Crippen LogP contribution in [0.25, 0.3) is 11.3 Å². The third-order valence-electron chi connectivity index (χ3n) is 5.75. The van der Waals surface area contributed by atoms with Gasteiger partial charge in [-0.05, 0) is 37.6 Å². The van der Waals surface area contributed by atoms with Gasteiger partial charge in [-0.15, -0.1) is 11.3 Å². The van der Waals surface area contributed by atoms with Crippen LogP contribution < -0.4 is 15.0 Å². The van der Waals surface area contributed by atoms with Gasteiger partial charge in [0.05, 0.1) is 11.4 Å². The van der Waals surface area contributed by atoms with Crippen molar-refractivity contribution in [3.8, 4) is 11.3 Å². The molecule has 8 heteroatoms. The van der Waals surface area contributed by atoms with E-state index >= 15 is 0 Å². The topological polar surface area (TPSA) is 79.1 Å². The maximum atomic E-state index is 13.6. The molecule has 4 aromatic rings. The van der Waals surface area contributed by atoms with E-state index in [-0.39, 0.29) is 24.1 Å². The molecule has 3 aromatic carbocycles. The molecule has 0 atom stereocenters. The lowest BCUT2D eigenvalue weighted by molar-refractivity contribution is -0.118. The number of aromatic nitrogens is 1. The number of anilines is 2. The smallest absolute Gasteiger partial charge is 0.279 e. The Kier molecular flexibility index (Phi) is 6.60. The van der Waals surface area contributed by atoms with Crippen molar-refractivity contribution < 1.29 is 9.59 Å². The van der Waals surface area contributed by atoms with Crippen molar-refractivity contribution in [2.45, 2.75) is 13.8 Å². The van der Waals surface area contributed by atoms with Crippen molar-refractivity contribution in [3.05, 3.63) is 100 Å². The first kappa shape index (κ1) is 23.4. The summed E-state index contributed by atoms with van der Waals surface area (Å²) in [6.07, 6.45) is 0. The fourth-order valence-corrected chi connectivity index (χ4v) is 5.02. The highest BCUT2D eigenvalue weighted by Crippen LogP contribution is 2.30. The van der Waals surface area contributed by atoms with E-state index in [9.17, 15) is 9.59 Å². The molecule has 0 spiro atoms. The molecule has 7 nitrogen and oxygen atoms in total. The molecule has 0 aliphatic carbocycles. The van der Waals surface area contributed by atoms with Crippen LogP contribution >= 0.6 is 11.3 Å². The third kappa shape index (κ3) is 4.63. The molecule has 0 unspecified atom stereocenters. The molecule has 0 saturated carbocycles. The van der Waals surface area contributed by atoms with Gasteiger partial charge in [0.1, 0.15) is 6.54 Å². The number of para-hydroxylation sites is 1. The zero-order chi connectivity index (χ0) is 25.1. The van der Waals surface area contributed by atoms with Gasteiger partial charge in [-0.3, -0.25) is 19.5 Å². The molecule has 180 valence electrons. The first-order valence-electron chi connectivity index (χ1n) is 11.7. The summed E-state index contributed by atoms with van der Waals surface area (Å²) in [4.78, 5) is 33.3. The summed E-state index contributed by atoms with van der Waals surface area (Å²) in [5.41, 5.74) is 5.19. The number of benzene rings is 3. The van der Waals surface area contributed by atoms with Crippen LogP contribution in [0.5, 0.6) is 0 Å². The van der Waals surface area contributed by atoms with E-state index in [2.05, 4.69) is 10.3 Å². The Morgan fingerprint density at radius 3 is 2.56 bits per heavy atom. The van der Waals surface area contributed by atoms with Gasteiger partial charge in [-0.2, -0.15) is 5.10 Å². The van der Waals surface area contributed by atoms with E-state index < -0.39 is 0 Å². The van der Waals surface area contributed by atoms with E-state index in [0.717, 1.165) is 16.8 Å². The highest BCUT2D eigenvalue weighted by molar-refractivity contribution is 7.07. The zero-order valence-electron chi connectivity index (χ0n) is 20.0. The maximum absolute atomic E-state index is 13.6.